The van der Waals surface area contributed by atoms with Crippen LogP contribution in [0.15, 0.2) is 0 Å². The zero-order valence-corrected chi connectivity index (χ0v) is 12.9. The van der Waals surface area contributed by atoms with Gasteiger partial charge in [-0.2, -0.15) is 0 Å². The van der Waals surface area contributed by atoms with Crippen LogP contribution >= 0.6 is 7.82 Å². The van der Waals surface area contributed by atoms with E-state index in [-0.39, 0.29) is 19.8 Å². The van der Waals surface area contributed by atoms with Gasteiger partial charge in [0.25, 0.3) is 0 Å². The number of phosphoric acid groups is 1. The van der Waals surface area contributed by atoms with Crippen LogP contribution in [0.4, 0.5) is 0 Å². The molecule has 116 valence electrons. The lowest BCUT2D eigenvalue weighted by Crippen LogP contribution is -2.01. The average Bonchev–Trinajstić information content (AvgIpc) is 2.38. The first-order valence-electron chi connectivity index (χ1n) is 7.35. The average molecular weight is 296 g/mol. The summed E-state index contributed by atoms with van der Waals surface area (Å²) >= 11 is 0. The van der Waals surface area contributed by atoms with E-state index in [1.807, 2.05) is 0 Å². The Morgan fingerprint density at radius 3 is 1.84 bits per heavy atom. The molecule has 1 atom stereocenters. The van der Waals surface area contributed by atoms with Crippen molar-refractivity contribution in [3.63, 3.8) is 0 Å². The number of aliphatic hydroxyl groups excluding tert-OH is 1. The molecule has 6 heteroatoms. The molecule has 5 nitrogen and oxygen atoms in total. The molecule has 0 amide bonds. The Morgan fingerprint density at radius 2 is 1.32 bits per heavy atom. The fourth-order valence-corrected chi connectivity index (χ4v) is 2.53. The minimum absolute atomic E-state index is 0.175. The van der Waals surface area contributed by atoms with Crippen LogP contribution in [0.2, 0.25) is 0 Å². The second-order valence-electron chi connectivity index (χ2n) is 4.69. The zero-order valence-electron chi connectivity index (χ0n) is 12.1. The Kier molecular flexibility index (Phi) is 13.1. The number of phosphoric ester groups is 1. The highest BCUT2D eigenvalue weighted by Crippen LogP contribution is 2.42. The normalized spacial score (nSPS) is 14.5. The van der Waals surface area contributed by atoms with Crippen LogP contribution in [0.5, 0.6) is 0 Å². The summed E-state index contributed by atoms with van der Waals surface area (Å²) in [5, 5.41) is 8.46. The third-order valence-electron chi connectivity index (χ3n) is 2.85. The maximum atomic E-state index is 11.2. The molecule has 0 aromatic rings. The van der Waals surface area contributed by atoms with Crippen molar-refractivity contribution in [3.8, 4) is 0 Å². The van der Waals surface area contributed by atoms with E-state index < -0.39 is 7.82 Å². The third-order valence-corrected chi connectivity index (χ3v) is 3.87. The Balaban J connectivity index is 3.24. The van der Waals surface area contributed by atoms with E-state index in [2.05, 4.69) is 11.4 Å². The quantitative estimate of drug-likeness (QED) is 0.378. The smallest absolute Gasteiger partial charge is 0.394 e. The Morgan fingerprint density at radius 1 is 0.842 bits per heavy atom. The van der Waals surface area contributed by atoms with Gasteiger partial charge in [0.15, 0.2) is 0 Å². The van der Waals surface area contributed by atoms with E-state index in [0.717, 1.165) is 19.3 Å². The van der Waals surface area contributed by atoms with Gasteiger partial charge in [0.2, 0.25) is 0 Å². The summed E-state index contributed by atoms with van der Waals surface area (Å²) in [6, 6.07) is 0. The van der Waals surface area contributed by atoms with Gasteiger partial charge in [-0.1, -0.05) is 58.3 Å². The molecular formula is C13H29O5P. The molecule has 0 aromatic carbocycles. The van der Waals surface area contributed by atoms with Crippen LogP contribution in [0, 0.1) is 0 Å². The van der Waals surface area contributed by atoms with E-state index in [9.17, 15) is 4.57 Å². The number of unbranched alkanes of at least 4 members (excludes halogenated alkanes) is 8. The van der Waals surface area contributed by atoms with Gasteiger partial charge in [0.1, 0.15) is 0 Å². The first kappa shape index (κ1) is 19.1. The summed E-state index contributed by atoms with van der Waals surface area (Å²) < 4.78 is 20.5. The second kappa shape index (κ2) is 13.1. The Hall–Kier alpha value is 0.0700. The van der Waals surface area contributed by atoms with Gasteiger partial charge in [0, 0.05) is 0 Å². The standard InChI is InChI=1S/C13H29O5P/c1-2-3-4-5-6-7-8-9-10-12-17-19(15,16)18-13-11-14/h14H,2-13H2,1H3,(H,15,16). The van der Waals surface area contributed by atoms with Gasteiger partial charge in [-0.3, -0.25) is 9.05 Å². The number of hydrogen-bond acceptors (Lipinski definition) is 4. The summed E-state index contributed by atoms with van der Waals surface area (Å²) in [5.74, 6) is 0. The van der Waals surface area contributed by atoms with Crippen LogP contribution in [0.3, 0.4) is 0 Å². The van der Waals surface area contributed by atoms with Crippen LogP contribution in [-0.2, 0) is 13.6 Å². The van der Waals surface area contributed by atoms with Gasteiger partial charge >= 0.3 is 7.82 Å². The molecule has 0 rings (SSSR count). The molecule has 0 saturated carbocycles. The lowest BCUT2D eigenvalue weighted by molar-refractivity contribution is 0.122. The van der Waals surface area contributed by atoms with Crippen LogP contribution < -0.4 is 0 Å². The van der Waals surface area contributed by atoms with Crippen molar-refractivity contribution in [1.29, 1.82) is 0 Å². The van der Waals surface area contributed by atoms with Crippen LogP contribution in [0.1, 0.15) is 64.7 Å². The van der Waals surface area contributed by atoms with Crippen molar-refractivity contribution in [2.45, 2.75) is 64.7 Å². The van der Waals surface area contributed by atoms with Crippen molar-refractivity contribution in [1.82, 2.24) is 0 Å². The maximum Gasteiger partial charge on any atom is 0.472 e. The van der Waals surface area contributed by atoms with Gasteiger partial charge in [0.05, 0.1) is 19.8 Å². The van der Waals surface area contributed by atoms with Crippen molar-refractivity contribution in [3.05, 3.63) is 0 Å². The van der Waals surface area contributed by atoms with Crippen molar-refractivity contribution in [2.75, 3.05) is 19.8 Å². The van der Waals surface area contributed by atoms with Gasteiger partial charge in [-0.15, -0.1) is 0 Å². The van der Waals surface area contributed by atoms with Crippen LogP contribution in [-0.4, -0.2) is 29.8 Å². The van der Waals surface area contributed by atoms with Gasteiger partial charge < -0.3 is 10.00 Å². The predicted molar refractivity (Wildman–Crippen MR) is 76.0 cm³/mol. The molecule has 0 bridgehead atoms. The molecule has 0 aliphatic carbocycles. The van der Waals surface area contributed by atoms with E-state index >= 15 is 0 Å². The van der Waals surface area contributed by atoms with E-state index in [1.54, 1.807) is 0 Å². The minimum Gasteiger partial charge on any atom is -0.394 e. The molecular weight excluding hydrogens is 267 g/mol. The Labute approximate surface area is 116 Å². The lowest BCUT2D eigenvalue weighted by Gasteiger charge is -2.10. The van der Waals surface area contributed by atoms with Crippen molar-refractivity contribution < 1.29 is 23.6 Å². The van der Waals surface area contributed by atoms with E-state index in [1.165, 1.54) is 38.5 Å². The molecule has 0 aliphatic rings. The molecule has 0 aliphatic heterocycles. The van der Waals surface area contributed by atoms with E-state index in [4.69, 9.17) is 14.5 Å². The highest BCUT2D eigenvalue weighted by Gasteiger charge is 2.19. The number of hydrogen-bond donors (Lipinski definition) is 2. The molecule has 0 saturated heterocycles. The highest BCUT2D eigenvalue weighted by molar-refractivity contribution is 7.47. The number of rotatable bonds is 14. The highest BCUT2D eigenvalue weighted by atomic mass is 31.2. The second-order valence-corrected chi connectivity index (χ2v) is 6.14. The minimum atomic E-state index is -3.94. The van der Waals surface area contributed by atoms with Gasteiger partial charge in [-0.05, 0) is 6.42 Å². The maximum absolute atomic E-state index is 11.2. The fourth-order valence-electron chi connectivity index (χ4n) is 1.79. The van der Waals surface area contributed by atoms with Gasteiger partial charge in [-0.25, -0.2) is 4.57 Å². The van der Waals surface area contributed by atoms with Crippen LogP contribution in [0.25, 0.3) is 0 Å². The molecule has 0 radical (unpaired) electrons. The number of aliphatic hydroxyl groups is 1. The summed E-state index contributed by atoms with van der Waals surface area (Å²) in [6.07, 6.45) is 10.7. The topological polar surface area (TPSA) is 76.0 Å². The van der Waals surface area contributed by atoms with E-state index in [0.29, 0.717) is 0 Å². The molecule has 19 heavy (non-hydrogen) atoms. The first-order chi connectivity index (χ1) is 9.12. The zero-order chi connectivity index (χ0) is 14.4. The molecule has 0 fully saturated rings. The molecule has 0 spiro atoms. The summed E-state index contributed by atoms with van der Waals surface area (Å²) in [6.45, 7) is 1.98. The van der Waals surface area contributed by atoms with Crippen molar-refractivity contribution in [2.24, 2.45) is 0 Å². The summed E-state index contributed by atoms with van der Waals surface area (Å²) in [5.41, 5.74) is 0. The monoisotopic (exact) mass is 296 g/mol. The molecule has 0 heterocycles. The van der Waals surface area contributed by atoms with Crippen molar-refractivity contribution >= 4 is 7.82 Å². The fraction of sp³-hybridized carbons (Fsp3) is 1.00. The predicted octanol–water partition coefficient (Wildman–Crippen LogP) is 3.64. The lowest BCUT2D eigenvalue weighted by atomic mass is 10.1. The molecule has 1 unspecified atom stereocenters. The molecule has 2 N–H and O–H groups in total. The molecule has 0 aromatic heterocycles. The largest absolute Gasteiger partial charge is 0.472 e. The SMILES string of the molecule is CCCCCCCCCCCOP(=O)(O)OCCO. The Bertz CT molecular complexity index is 235. The first-order valence-corrected chi connectivity index (χ1v) is 8.84. The summed E-state index contributed by atoms with van der Waals surface area (Å²) in [4.78, 5) is 9.17. The summed E-state index contributed by atoms with van der Waals surface area (Å²) in [7, 11) is -3.94. The third kappa shape index (κ3) is 14.3.